The molecule has 3 rings (SSSR count). The van der Waals surface area contributed by atoms with Crippen LogP contribution in [-0.4, -0.2) is 49.5 Å². The van der Waals surface area contributed by atoms with E-state index in [0.29, 0.717) is 35.1 Å². The van der Waals surface area contributed by atoms with Gasteiger partial charge in [-0.3, -0.25) is 4.79 Å². The van der Waals surface area contributed by atoms with Crippen molar-refractivity contribution in [3.05, 3.63) is 53.7 Å². The van der Waals surface area contributed by atoms with Gasteiger partial charge in [-0.1, -0.05) is 41.6 Å². The predicted molar refractivity (Wildman–Crippen MR) is 118 cm³/mol. The lowest BCUT2D eigenvalue weighted by molar-refractivity contribution is 0.0955. The molecule has 1 aromatic heterocycles. The smallest absolute Gasteiger partial charge is 0.251 e. The third-order valence-electron chi connectivity index (χ3n) is 4.47. The highest BCUT2D eigenvalue weighted by Gasteiger charge is 2.16. The first-order valence-electron chi connectivity index (χ1n) is 9.38. The molecule has 8 heteroatoms. The number of nitrogens with one attached hydrogen (secondary N) is 2. The number of thioether (sulfide) groups is 1. The zero-order chi connectivity index (χ0) is 21.5. The van der Waals surface area contributed by atoms with E-state index in [1.54, 1.807) is 23.9 Å². The molecule has 0 bridgehead atoms. The van der Waals surface area contributed by atoms with Crippen molar-refractivity contribution in [2.75, 3.05) is 33.6 Å². The maximum Gasteiger partial charge on any atom is 0.251 e. The van der Waals surface area contributed by atoms with Crippen molar-refractivity contribution in [1.82, 2.24) is 15.3 Å². The minimum Gasteiger partial charge on any atom is -0.493 e. The van der Waals surface area contributed by atoms with Crippen LogP contribution in [0.15, 0.2) is 47.8 Å². The number of amides is 1. The van der Waals surface area contributed by atoms with Crippen LogP contribution in [0.1, 0.15) is 15.9 Å². The molecule has 30 heavy (non-hydrogen) atoms. The van der Waals surface area contributed by atoms with Crippen LogP contribution in [0.3, 0.4) is 0 Å². The maximum atomic E-state index is 12.5. The second-order valence-electron chi connectivity index (χ2n) is 6.49. The number of hydrogen-bond acceptors (Lipinski definition) is 6. The number of hydrogen-bond donors (Lipinski definition) is 2. The first kappa shape index (κ1) is 21.6. The van der Waals surface area contributed by atoms with E-state index in [2.05, 4.69) is 46.5 Å². The lowest BCUT2D eigenvalue weighted by Crippen LogP contribution is -2.25. The summed E-state index contributed by atoms with van der Waals surface area (Å²) in [5, 5.41) is 3.71. The number of imidazole rings is 1. The Labute approximate surface area is 180 Å². The number of aryl methyl sites for hydroxylation is 1. The summed E-state index contributed by atoms with van der Waals surface area (Å²) in [6.07, 6.45) is 1.82. The average molecular weight is 428 g/mol. The first-order valence-corrected chi connectivity index (χ1v) is 10.4. The van der Waals surface area contributed by atoms with Crippen molar-refractivity contribution in [3.8, 4) is 28.5 Å². The molecule has 0 radical (unpaired) electrons. The summed E-state index contributed by atoms with van der Waals surface area (Å²) in [6, 6.07) is 11.5. The van der Waals surface area contributed by atoms with Crippen molar-refractivity contribution in [1.29, 1.82) is 0 Å². The average Bonchev–Trinajstić information content (AvgIpc) is 3.24. The Balaban J connectivity index is 1.55. The van der Waals surface area contributed by atoms with Crippen LogP contribution in [-0.2, 0) is 0 Å². The molecular formula is C22H25N3O4S. The van der Waals surface area contributed by atoms with Crippen LogP contribution in [0, 0.1) is 6.92 Å². The number of ether oxygens (including phenoxy) is 3. The van der Waals surface area contributed by atoms with Crippen LogP contribution < -0.4 is 19.5 Å². The van der Waals surface area contributed by atoms with E-state index in [1.807, 2.05) is 6.20 Å². The number of carbonyl (C=O) groups is 1. The molecule has 2 N–H and O–H groups in total. The second kappa shape index (κ2) is 10.1. The Kier molecular flexibility index (Phi) is 7.24. The lowest BCUT2D eigenvalue weighted by Gasteiger charge is -2.14. The summed E-state index contributed by atoms with van der Waals surface area (Å²) in [6.45, 7) is 2.55. The van der Waals surface area contributed by atoms with E-state index in [9.17, 15) is 4.79 Å². The van der Waals surface area contributed by atoms with Gasteiger partial charge in [-0.05, 0) is 24.6 Å². The second-order valence-corrected chi connectivity index (χ2v) is 7.57. The summed E-state index contributed by atoms with van der Waals surface area (Å²) in [7, 11) is 4.56. The van der Waals surface area contributed by atoms with Crippen LogP contribution in [0.2, 0.25) is 0 Å². The monoisotopic (exact) mass is 427 g/mol. The zero-order valence-electron chi connectivity index (χ0n) is 17.4. The van der Waals surface area contributed by atoms with Gasteiger partial charge in [-0.15, -0.1) is 0 Å². The molecule has 0 spiro atoms. The minimum absolute atomic E-state index is 0.213. The number of carbonyl (C=O) groups excluding carboxylic acids is 1. The Morgan fingerprint density at radius 1 is 1.07 bits per heavy atom. The van der Waals surface area contributed by atoms with E-state index < -0.39 is 0 Å². The van der Waals surface area contributed by atoms with Gasteiger partial charge in [0.25, 0.3) is 5.91 Å². The van der Waals surface area contributed by atoms with Gasteiger partial charge in [-0.2, -0.15) is 0 Å². The molecule has 158 valence electrons. The molecule has 3 aromatic rings. The fourth-order valence-electron chi connectivity index (χ4n) is 2.88. The van der Waals surface area contributed by atoms with Crippen molar-refractivity contribution >= 4 is 17.7 Å². The van der Waals surface area contributed by atoms with E-state index in [4.69, 9.17) is 14.2 Å². The largest absolute Gasteiger partial charge is 0.493 e. The maximum absolute atomic E-state index is 12.5. The highest BCUT2D eigenvalue weighted by molar-refractivity contribution is 7.99. The lowest BCUT2D eigenvalue weighted by atomic mass is 10.1. The van der Waals surface area contributed by atoms with Gasteiger partial charge in [0.1, 0.15) is 0 Å². The number of aromatic nitrogens is 2. The molecule has 0 aliphatic carbocycles. The van der Waals surface area contributed by atoms with Crippen molar-refractivity contribution < 1.29 is 19.0 Å². The van der Waals surface area contributed by atoms with Gasteiger partial charge in [0, 0.05) is 17.9 Å². The first-order chi connectivity index (χ1) is 14.5. The minimum atomic E-state index is -0.213. The number of rotatable bonds is 9. The van der Waals surface area contributed by atoms with Gasteiger partial charge in [0.05, 0.1) is 33.2 Å². The molecule has 0 aliphatic rings. The summed E-state index contributed by atoms with van der Waals surface area (Å²) >= 11 is 1.55. The summed E-state index contributed by atoms with van der Waals surface area (Å²) < 4.78 is 15.9. The molecule has 1 amide bonds. The molecule has 7 nitrogen and oxygen atoms in total. The van der Waals surface area contributed by atoms with Gasteiger partial charge < -0.3 is 24.5 Å². The third-order valence-corrected chi connectivity index (χ3v) is 5.36. The van der Waals surface area contributed by atoms with Crippen LogP contribution in [0.25, 0.3) is 11.3 Å². The molecule has 0 aliphatic heterocycles. The number of nitrogens with zero attached hydrogens (tertiary/aromatic N) is 1. The molecule has 0 fully saturated rings. The quantitative estimate of drug-likeness (QED) is 0.398. The normalized spacial score (nSPS) is 10.5. The Bertz CT molecular complexity index is 977. The number of H-pyrrole nitrogens is 1. The molecule has 1 heterocycles. The summed E-state index contributed by atoms with van der Waals surface area (Å²) in [5.74, 6) is 1.80. The molecule has 0 unspecified atom stereocenters. The number of benzene rings is 2. The van der Waals surface area contributed by atoms with Crippen LogP contribution >= 0.6 is 11.8 Å². The van der Waals surface area contributed by atoms with E-state index in [1.165, 1.54) is 26.9 Å². The zero-order valence-corrected chi connectivity index (χ0v) is 18.3. The molecular weight excluding hydrogens is 402 g/mol. The standard InChI is InChI=1S/C22H25N3O4S/c1-14-5-7-15(8-6-14)17-13-24-22(25-17)30-10-9-23-21(26)16-11-18(27-2)20(29-4)19(12-16)28-3/h5-8,11-13H,9-10H2,1-4H3,(H,23,26)(H,24,25). The van der Waals surface area contributed by atoms with E-state index in [0.717, 1.165) is 16.4 Å². The van der Waals surface area contributed by atoms with Crippen molar-refractivity contribution in [2.45, 2.75) is 12.1 Å². The summed E-state index contributed by atoms with van der Waals surface area (Å²) in [4.78, 5) is 20.2. The van der Waals surface area contributed by atoms with Gasteiger partial charge >= 0.3 is 0 Å². The fourth-order valence-corrected chi connectivity index (χ4v) is 3.59. The highest BCUT2D eigenvalue weighted by atomic mass is 32.2. The Hall–Kier alpha value is -3.13. The topological polar surface area (TPSA) is 85.5 Å². The SMILES string of the molecule is COc1cc(C(=O)NCCSc2ncc(-c3ccc(C)cc3)[nH]2)cc(OC)c1OC. The van der Waals surface area contributed by atoms with Crippen LogP contribution in [0.5, 0.6) is 17.2 Å². The van der Waals surface area contributed by atoms with E-state index >= 15 is 0 Å². The van der Waals surface area contributed by atoms with Crippen LogP contribution in [0.4, 0.5) is 0 Å². The molecule has 0 saturated carbocycles. The van der Waals surface area contributed by atoms with Gasteiger partial charge in [0.15, 0.2) is 16.7 Å². The third kappa shape index (κ3) is 5.07. The van der Waals surface area contributed by atoms with Crippen molar-refractivity contribution in [3.63, 3.8) is 0 Å². The van der Waals surface area contributed by atoms with Gasteiger partial charge in [0.2, 0.25) is 5.75 Å². The van der Waals surface area contributed by atoms with Gasteiger partial charge in [-0.25, -0.2) is 4.98 Å². The molecule has 0 saturated heterocycles. The predicted octanol–water partition coefficient (Wildman–Crippen LogP) is 3.93. The number of methoxy groups -OCH3 is 3. The molecule has 2 aromatic carbocycles. The fraction of sp³-hybridized carbons (Fsp3) is 0.273. The van der Waals surface area contributed by atoms with E-state index in [-0.39, 0.29) is 5.91 Å². The highest BCUT2D eigenvalue weighted by Crippen LogP contribution is 2.38. The number of aromatic amines is 1. The molecule has 0 atom stereocenters. The van der Waals surface area contributed by atoms with Crippen molar-refractivity contribution in [2.24, 2.45) is 0 Å². The Morgan fingerprint density at radius 3 is 2.33 bits per heavy atom. The summed E-state index contributed by atoms with van der Waals surface area (Å²) in [5.41, 5.74) is 3.72. The Morgan fingerprint density at radius 2 is 1.73 bits per heavy atom.